The number of piperidine rings is 1. The first kappa shape index (κ1) is 15.8. The van der Waals surface area contributed by atoms with E-state index in [1.165, 1.54) is 12.8 Å². The highest BCUT2D eigenvalue weighted by Gasteiger charge is 2.27. The molecule has 0 aliphatic carbocycles. The van der Waals surface area contributed by atoms with Crippen molar-refractivity contribution in [3.8, 4) is 0 Å². The summed E-state index contributed by atoms with van der Waals surface area (Å²) in [5, 5.41) is 3.72. The molecule has 1 aliphatic heterocycles. The van der Waals surface area contributed by atoms with Gasteiger partial charge in [0.1, 0.15) is 0 Å². The number of rotatable bonds is 6. The molecule has 0 aromatic rings. The first-order chi connectivity index (χ1) is 8.56. The topological polar surface area (TPSA) is 32.3 Å². The molecule has 3 nitrogen and oxygen atoms in total. The third-order valence-corrected chi connectivity index (χ3v) is 5.96. The van der Waals surface area contributed by atoms with E-state index in [9.17, 15) is 4.79 Å². The summed E-state index contributed by atoms with van der Waals surface area (Å²) in [7, 11) is 0. The third kappa shape index (κ3) is 4.16. The van der Waals surface area contributed by atoms with Gasteiger partial charge in [0.15, 0.2) is 0 Å². The Kier molecular flexibility index (Phi) is 6.50. The molecule has 1 aliphatic rings. The summed E-state index contributed by atoms with van der Waals surface area (Å²) in [5.74, 6) is 0.217. The minimum atomic E-state index is 0.217. The number of nitrogens with zero attached hydrogens (tertiary/aromatic N) is 1. The fraction of sp³-hybridized carbons (Fsp3) is 0.929. The number of nitrogens with one attached hydrogen (secondary N) is 1. The van der Waals surface area contributed by atoms with Crippen molar-refractivity contribution in [1.29, 1.82) is 0 Å². The molecule has 0 saturated carbocycles. The normalized spacial score (nSPS) is 18.1. The van der Waals surface area contributed by atoms with Crippen LogP contribution in [0.1, 0.15) is 46.5 Å². The molecule has 1 rings (SSSR count). The summed E-state index contributed by atoms with van der Waals surface area (Å²) in [6.07, 6.45) is 6.83. The SMILES string of the molecule is CCC(CC)(CNC1CCN(C(C)=O)CC1)SC. The standard InChI is InChI=1S/C14H28N2OS/c1-5-14(6-2,18-4)11-15-13-7-9-16(10-8-13)12(3)17/h13,15H,5-11H2,1-4H3. The highest BCUT2D eigenvalue weighted by molar-refractivity contribution is 8.00. The summed E-state index contributed by atoms with van der Waals surface area (Å²) in [6.45, 7) is 9.14. The Morgan fingerprint density at radius 3 is 2.28 bits per heavy atom. The Morgan fingerprint density at radius 2 is 1.89 bits per heavy atom. The molecule has 1 fully saturated rings. The second-order valence-electron chi connectivity index (χ2n) is 5.26. The minimum absolute atomic E-state index is 0.217. The predicted octanol–water partition coefficient (Wildman–Crippen LogP) is 2.51. The van der Waals surface area contributed by atoms with Crippen LogP contribution in [0.3, 0.4) is 0 Å². The van der Waals surface area contributed by atoms with Crippen molar-refractivity contribution in [1.82, 2.24) is 10.2 Å². The number of likely N-dealkylation sites (tertiary alicyclic amines) is 1. The van der Waals surface area contributed by atoms with E-state index in [0.717, 1.165) is 32.5 Å². The van der Waals surface area contributed by atoms with Crippen LogP contribution in [0, 0.1) is 0 Å². The molecule has 0 aromatic carbocycles. The zero-order valence-electron chi connectivity index (χ0n) is 12.3. The second kappa shape index (κ2) is 7.39. The minimum Gasteiger partial charge on any atom is -0.343 e. The van der Waals surface area contributed by atoms with Gasteiger partial charge in [0.25, 0.3) is 0 Å². The lowest BCUT2D eigenvalue weighted by Gasteiger charge is -2.36. The van der Waals surface area contributed by atoms with Gasteiger partial charge in [0, 0.05) is 37.3 Å². The zero-order valence-corrected chi connectivity index (χ0v) is 13.1. The summed E-state index contributed by atoms with van der Waals surface area (Å²) in [6, 6.07) is 0.588. The van der Waals surface area contributed by atoms with Crippen LogP contribution in [0.25, 0.3) is 0 Å². The third-order valence-electron chi connectivity index (χ3n) is 4.37. The van der Waals surface area contributed by atoms with E-state index in [1.54, 1.807) is 6.92 Å². The van der Waals surface area contributed by atoms with Crippen molar-refractivity contribution in [3.05, 3.63) is 0 Å². The van der Waals surface area contributed by atoms with Crippen molar-refractivity contribution < 1.29 is 4.79 Å². The van der Waals surface area contributed by atoms with E-state index >= 15 is 0 Å². The molecule has 0 spiro atoms. The fourth-order valence-corrected chi connectivity index (χ4v) is 3.39. The molecular formula is C14H28N2OS. The van der Waals surface area contributed by atoms with Gasteiger partial charge >= 0.3 is 0 Å². The highest BCUT2D eigenvalue weighted by atomic mass is 32.2. The maximum absolute atomic E-state index is 11.3. The Morgan fingerprint density at radius 1 is 1.33 bits per heavy atom. The molecule has 1 N–H and O–H groups in total. The molecule has 1 amide bonds. The van der Waals surface area contributed by atoms with Crippen molar-refractivity contribution in [2.45, 2.75) is 57.2 Å². The van der Waals surface area contributed by atoms with Gasteiger partial charge in [0.2, 0.25) is 5.91 Å². The number of amides is 1. The monoisotopic (exact) mass is 272 g/mol. The van der Waals surface area contributed by atoms with Gasteiger partial charge < -0.3 is 10.2 Å². The summed E-state index contributed by atoms with van der Waals surface area (Å²) < 4.78 is 0.387. The first-order valence-electron chi connectivity index (χ1n) is 7.11. The summed E-state index contributed by atoms with van der Waals surface area (Å²) >= 11 is 1.98. The number of hydrogen-bond acceptors (Lipinski definition) is 3. The van der Waals surface area contributed by atoms with E-state index in [4.69, 9.17) is 0 Å². The lowest BCUT2D eigenvalue weighted by molar-refractivity contribution is -0.129. The molecule has 0 unspecified atom stereocenters. The van der Waals surface area contributed by atoms with E-state index in [0.29, 0.717) is 10.8 Å². The smallest absolute Gasteiger partial charge is 0.219 e. The lowest BCUT2D eigenvalue weighted by Crippen LogP contribution is -2.48. The molecule has 4 heteroatoms. The van der Waals surface area contributed by atoms with Gasteiger partial charge in [-0.2, -0.15) is 11.8 Å². The van der Waals surface area contributed by atoms with Crippen LogP contribution < -0.4 is 5.32 Å². The second-order valence-corrected chi connectivity index (χ2v) is 6.53. The largest absolute Gasteiger partial charge is 0.343 e. The van der Waals surface area contributed by atoms with Gasteiger partial charge in [-0.05, 0) is 31.9 Å². The van der Waals surface area contributed by atoms with Gasteiger partial charge in [0.05, 0.1) is 0 Å². The number of hydrogen-bond donors (Lipinski definition) is 1. The highest BCUT2D eigenvalue weighted by Crippen LogP contribution is 2.30. The van der Waals surface area contributed by atoms with Crippen molar-refractivity contribution in [2.75, 3.05) is 25.9 Å². The van der Waals surface area contributed by atoms with Gasteiger partial charge in [-0.25, -0.2) is 0 Å². The van der Waals surface area contributed by atoms with Crippen LogP contribution in [0.4, 0.5) is 0 Å². The maximum Gasteiger partial charge on any atom is 0.219 e. The van der Waals surface area contributed by atoms with Crippen LogP contribution in [0.2, 0.25) is 0 Å². The quantitative estimate of drug-likeness (QED) is 0.806. The molecule has 1 saturated heterocycles. The molecule has 106 valence electrons. The molecule has 0 radical (unpaired) electrons. The van der Waals surface area contributed by atoms with Crippen LogP contribution in [0.5, 0.6) is 0 Å². The fourth-order valence-electron chi connectivity index (χ4n) is 2.59. The Balaban J connectivity index is 2.35. The van der Waals surface area contributed by atoms with E-state index in [-0.39, 0.29) is 5.91 Å². The maximum atomic E-state index is 11.3. The average Bonchev–Trinajstić information content (AvgIpc) is 2.41. The Labute approximate surface area is 116 Å². The number of carbonyl (C=O) groups excluding carboxylic acids is 1. The van der Waals surface area contributed by atoms with Crippen molar-refractivity contribution in [2.24, 2.45) is 0 Å². The predicted molar refractivity (Wildman–Crippen MR) is 80.1 cm³/mol. The van der Waals surface area contributed by atoms with Crippen LogP contribution in [0.15, 0.2) is 0 Å². The first-order valence-corrected chi connectivity index (χ1v) is 8.33. The molecule has 18 heavy (non-hydrogen) atoms. The van der Waals surface area contributed by atoms with Crippen LogP contribution in [-0.4, -0.2) is 47.5 Å². The average molecular weight is 272 g/mol. The van der Waals surface area contributed by atoms with E-state index in [1.807, 2.05) is 16.7 Å². The van der Waals surface area contributed by atoms with E-state index in [2.05, 4.69) is 25.4 Å². The van der Waals surface area contributed by atoms with E-state index < -0.39 is 0 Å². The van der Waals surface area contributed by atoms with Crippen molar-refractivity contribution >= 4 is 17.7 Å². The molecular weight excluding hydrogens is 244 g/mol. The van der Waals surface area contributed by atoms with Crippen LogP contribution >= 0.6 is 11.8 Å². The van der Waals surface area contributed by atoms with Gasteiger partial charge in [-0.1, -0.05) is 13.8 Å². The number of thioether (sulfide) groups is 1. The van der Waals surface area contributed by atoms with Crippen molar-refractivity contribution in [3.63, 3.8) is 0 Å². The molecule has 0 bridgehead atoms. The van der Waals surface area contributed by atoms with Gasteiger partial charge in [-0.3, -0.25) is 4.79 Å². The van der Waals surface area contributed by atoms with Gasteiger partial charge in [-0.15, -0.1) is 0 Å². The zero-order chi connectivity index (χ0) is 13.6. The molecule has 0 aromatic heterocycles. The molecule has 1 heterocycles. The Hall–Kier alpha value is -0.220. The summed E-state index contributed by atoms with van der Waals surface area (Å²) in [4.78, 5) is 13.2. The molecule has 0 atom stereocenters. The summed E-state index contributed by atoms with van der Waals surface area (Å²) in [5.41, 5.74) is 0. The van der Waals surface area contributed by atoms with Crippen LogP contribution in [-0.2, 0) is 4.79 Å². The Bertz CT molecular complexity index is 250. The number of carbonyl (C=O) groups is 1. The lowest BCUT2D eigenvalue weighted by atomic mass is 9.99.